The van der Waals surface area contributed by atoms with Crippen LogP contribution in [0.2, 0.25) is 0 Å². The second-order valence-electron chi connectivity index (χ2n) is 9.27. The fourth-order valence-corrected chi connectivity index (χ4v) is 4.23. The van der Waals surface area contributed by atoms with E-state index in [0.29, 0.717) is 6.10 Å². The van der Waals surface area contributed by atoms with Gasteiger partial charge in [0.1, 0.15) is 0 Å². The summed E-state index contributed by atoms with van der Waals surface area (Å²) < 4.78 is 23.4. The van der Waals surface area contributed by atoms with E-state index in [0.717, 1.165) is 98.0 Å². The zero-order valence-electron chi connectivity index (χ0n) is 19.5. The Morgan fingerprint density at radius 1 is 1.00 bits per heavy atom. The number of morpholine rings is 2. The molecule has 0 aromatic rings. The maximum absolute atomic E-state index is 6.09. The molecule has 0 spiro atoms. The standard InChI is InChI=1S/C23H46N2O4/c1-5-13-26-14-7-6-9-24-11-16-28-22(19-24)18-21(2)27-15-8-10-25-12-17-29-23(3,4)20-25/h21-22H,5-20H2,1-4H3. The number of hydrogen-bond donors (Lipinski definition) is 0. The quantitative estimate of drug-likeness (QED) is 0.407. The van der Waals surface area contributed by atoms with Gasteiger partial charge >= 0.3 is 0 Å². The molecule has 0 saturated carbocycles. The van der Waals surface area contributed by atoms with E-state index in [4.69, 9.17) is 18.9 Å². The molecular formula is C23H46N2O4. The molecule has 2 aliphatic heterocycles. The molecular weight excluding hydrogens is 368 g/mol. The van der Waals surface area contributed by atoms with Gasteiger partial charge in [0.05, 0.1) is 31.0 Å². The van der Waals surface area contributed by atoms with Crippen LogP contribution in [0.4, 0.5) is 0 Å². The van der Waals surface area contributed by atoms with E-state index < -0.39 is 0 Å². The third kappa shape index (κ3) is 11.1. The smallest absolute Gasteiger partial charge is 0.0753 e. The SMILES string of the molecule is CCCOCCCCN1CCOC(CC(C)OCCCN2CCOC(C)(C)C2)C1. The van der Waals surface area contributed by atoms with Gasteiger partial charge in [-0.25, -0.2) is 0 Å². The van der Waals surface area contributed by atoms with Gasteiger partial charge in [-0.3, -0.25) is 9.80 Å². The molecule has 6 nitrogen and oxygen atoms in total. The van der Waals surface area contributed by atoms with Gasteiger partial charge < -0.3 is 18.9 Å². The van der Waals surface area contributed by atoms with Crippen LogP contribution >= 0.6 is 0 Å². The Balaban J connectivity index is 1.51. The van der Waals surface area contributed by atoms with Crippen molar-refractivity contribution < 1.29 is 18.9 Å². The summed E-state index contributed by atoms with van der Waals surface area (Å²) in [7, 11) is 0. The molecule has 0 aromatic carbocycles. The second-order valence-corrected chi connectivity index (χ2v) is 9.27. The van der Waals surface area contributed by atoms with Crippen molar-refractivity contribution in [1.82, 2.24) is 9.80 Å². The second kappa shape index (κ2) is 13.9. The molecule has 2 unspecified atom stereocenters. The summed E-state index contributed by atoms with van der Waals surface area (Å²) in [5, 5.41) is 0. The Hall–Kier alpha value is -0.240. The highest BCUT2D eigenvalue weighted by Gasteiger charge is 2.27. The van der Waals surface area contributed by atoms with Crippen molar-refractivity contribution in [3.63, 3.8) is 0 Å². The Morgan fingerprint density at radius 3 is 2.59 bits per heavy atom. The van der Waals surface area contributed by atoms with Gasteiger partial charge in [-0.05, 0) is 53.0 Å². The van der Waals surface area contributed by atoms with Gasteiger partial charge in [-0.15, -0.1) is 0 Å². The summed E-state index contributed by atoms with van der Waals surface area (Å²) in [5.41, 5.74) is -0.0148. The van der Waals surface area contributed by atoms with Crippen molar-refractivity contribution in [1.29, 1.82) is 0 Å². The topological polar surface area (TPSA) is 43.4 Å². The molecule has 172 valence electrons. The minimum atomic E-state index is -0.0148. The molecule has 2 fully saturated rings. The number of ether oxygens (including phenoxy) is 4. The molecule has 0 aliphatic carbocycles. The normalized spacial score (nSPS) is 24.6. The van der Waals surface area contributed by atoms with Crippen LogP contribution in [0.3, 0.4) is 0 Å². The highest BCUT2D eigenvalue weighted by molar-refractivity contribution is 4.79. The van der Waals surface area contributed by atoms with Crippen molar-refractivity contribution in [2.45, 2.75) is 77.6 Å². The van der Waals surface area contributed by atoms with Crippen molar-refractivity contribution in [2.75, 3.05) is 72.3 Å². The largest absolute Gasteiger partial charge is 0.381 e. The van der Waals surface area contributed by atoms with Crippen LogP contribution in [0.1, 0.15) is 59.8 Å². The molecule has 0 bridgehead atoms. The summed E-state index contributed by atoms with van der Waals surface area (Å²) in [4.78, 5) is 5.04. The van der Waals surface area contributed by atoms with Crippen LogP contribution in [0.5, 0.6) is 0 Å². The van der Waals surface area contributed by atoms with E-state index in [1.807, 2.05) is 0 Å². The number of rotatable bonds is 14. The lowest BCUT2D eigenvalue weighted by molar-refractivity contribution is -0.0886. The van der Waals surface area contributed by atoms with E-state index >= 15 is 0 Å². The van der Waals surface area contributed by atoms with Crippen molar-refractivity contribution in [3.8, 4) is 0 Å². The first kappa shape index (κ1) is 25.0. The first-order valence-corrected chi connectivity index (χ1v) is 11.9. The van der Waals surface area contributed by atoms with E-state index in [-0.39, 0.29) is 11.7 Å². The van der Waals surface area contributed by atoms with Gasteiger partial charge in [-0.2, -0.15) is 0 Å². The number of unbranched alkanes of at least 4 members (excludes halogenated alkanes) is 1. The van der Waals surface area contributed by atoms with Crippen molar-refractivity contribution in [3.05, 3.63) is 0 Å². The molecule has 0 N–H and O–H groups in total. The Morgan fingerprint density at radius 2 is 1.79 bits per heavy atom. The van der Waals surface area contributed by atoms with E-state index in [9.17, 15) is 0 Å². The fourth-order valence-electron chi connectivity index (χ4n) is 4.23. The van der Waals surface area contributed by atoms with Gasteiger partial charge in [0.2, 0.25) is 0 Å². The lowest BCUT2D eigenvalue weighted by Crippen LogP contribution is -2.48. The third-order valence-electron chi connectivity index (χ3n) is 5.70. The Kier molecular flexibility index (Phi) is 12.0. The third-order valence-corrected chi connectivity index (χ3v) is 5.70. The van der Waals surface area contributed by atoms with E-state index in [2.05, 4.69) is 37.5 Å². The Labute approximate surface area is 179 Å². The summed E-state index contributed by atoms with van der Waals surface area (Å²) in [6.45, 7) is 19.4. The molecule has 2 saturated heterocycles. The van der Waals surface area contributed by atoms with Crippen LogP contribution in [0.25, 0.3) is 0 Å². The molecule has 6 heteroatoms. The molecule has 2 rings (SSSR count). The van der Waals surface area contributed by atoms with Crippen molar-refractivity contribution >= 4 is 0 Å². The predicted octanol–water partition coefficient (Wildman–Crippen LogP) is 3.19. The highest BCUT2D eigenvalue weighted by atomic mass is 16.5. The van der Waals surface area contributed by atoms with Gasteiger partial charge in [0.25, 0.3) is 0 Å². The highest BCUT2D eigenvalue weighted by Crippen LogP contribution is 2.17. The molecule has 2 aliphatic rings. The Bertz CT molecular complexity index is 422. The minimum absolute atomic E-state index is 0.0148. The molecule has 0 amide bonds. The maximum atomic E-state index is 6.09. The van der Waals surface area contributed by atoms with E-state index in [1.54, 1.807) is 0 Å². The molecule has 0 aromatic heterocycles. The average molecular weight is 415 g/mol. The van der Waals surface area contributed by atoms with Crippen LogP contribution in [0.15, 0.2) is 0 Å². The summed E-state index contributed by atoms with van der Waals surface area (Å²) in [6.07, 6.45) is 6.09. The number of nitrogens with zero attached hydrogens (tertiary/aromatic N) is 2. The molecule has 2 heterocycles. The van der Waals surface area contributed by atoms with Gasteiger partial charge in [0, 0.05) is 59.0 Å². The van der Waals surface area contributed by atoms with Gasteiger partial charge in [0.15, 0.2) is 0 Å². The lowest BCUT2D eigenvalue weighted by Gasteiger charge is -2.38. The van der Waals surface area contributed by atoms with Crippen LogP contribution in [0, 0.1) is 0 Å². The molecule has 0 radical (unpaired) electrons. The summed E-state index contributed by atoms with van der Waals surface area (Å²) >= 11 is 0. The van der Waals surface area contributed by atoms with Crippen LogP contribution < -0.4 is 0 Å². The molecule has 2 atom stereocenters. The zero-order valence-corrected chi connectivity index (χ0v) is 19.5. The predicted molar refractivity (Wildman–Crippen MR) is 118 cm³/mol. The minimum Gasteiger partial charge on any atom is -0.381 e. The summed E-state index contributed by atoms with van der Waals surface area (Å²) in [6, 6.07) is 0. The zero-order chi connectivity index (χ0) is 21.0. The van der Waals surface area contributed by atoms with Crippen LogP contribution in [-0.4, -0.2) is 99.9 Å². The summed E-state index contributed by atoms with van der Waals surface area (Å²) in [5.74, 6) is 0. The first-order valence-electron chi connectivity index (χ1n) is 11.9. The average Bonchev–Trinajstić information content (AvgIpc) is 2.67. The van der Waals surface area contributed by atoms with Gasteiger partial charge in [-0.1, -0.05) is 6.92 Å². The maximum Gasteiger partial charge on any atom is 0.0753 e. The van der Waals surface area contributed by atoms with Crippen LogP contribution in [-0.2, 0) is 18.9 Å². The first-order chi connectivity index (χ1) is 14.0. The van der Waals surface area contributed by atoms with E-state index in [1.165, 1.54) is 6.42 Å². The lowest BCUT2D eigenvalue weighted by atomic mass is 10.1. The number of hydrogen-bond acceptors (Lipinski definition) is 6. The van der Waals surface area contributed by atoms with Crippen molar-refractivity contribution in [2.24, 2.45) is 0 Å². The fraction of sp³-hybridized carbons (Fsp3) is 1.00. The monoisotopic (exact) mass is 414 g/mol. The molecule has 29 heavy (non-hydrogen) atoms.